The molecular weight excluding hydrogens is 370 g/mol. The first-order valence-corrected chi connectivity index (χ1v) is 9.43. The summed E-state index contributed by atoms with van der Waals surface area (Å²) < 4.78 is 2.35. The molecule has 0 spiro atoms. The zero-order chi connectivity index (χ0) is 17.1. The van der Waals surface area contributed by atoms with Crippen molar-refractivity contribution in [1.29, 1.82) is 0 Å². The van der Waals surface area contributed by atoms with Gasteiger partial charge in [0.25, 0.3) is 5.56 Å². The number of nitrogens with zero attached hydrogens (tertiary/aromatic N) is 4. The predicted molar refractivity (Wildman–Crippen MR) is 101 cm³/mol. The van der Waals surface area contributed by atoms with Crippen molar-refractivity contribution in [3.63, 3.8) is 0 Å². The SMILES string of the molecule is CCNc1nc(C)c2cc(Br)c(=O)n(CCN3CCCCC3)c2n1. The van der Waals surface area contributed by atoms with Gasteiger partial charge in [-0.25, -0.2) is 4.98 Å². The van der Waals surface area contributed by atoms with Crippen LogP contribution in [0.2, 0.25) is 0 Å². The summed E-state index contributed by atoms with van der Waals surface area (Å²) in [5.74, 6) is 0.580. The van der Waals surface area contributed by atoms with Crippen LogP contribution < -0.4 is 10.9 Å². The molecule has 3 heterocycles. The van der Waals surface area contributed by atoms with E-state index < -0.39 is 0 Å². The quantitative estimate of drug-likeness (QED) is 0.845. The highest BCUT2D eigenvalue weighted by molar-refractivity contribution is 9.10. The summed E-state index contributed by atoms with van der Waals surface area (Å²) >= 11 is 3.40. The molecule has 0 unspecified atom stereocenters. The Hall–Kier alpha value is -1.47. The van der Waals surface area contributed by atoms with Crippen molar-refractivity contribution in [2.45, 2.75) is 39.7 Å². The monoisotopic (exact) mass is 393 g/mol. The third kappa shape index (κ3) is 3.62. The largest absolute Gasteiger partial charge is 0.354 e. The van der Waals surface area contributed by atoms with Gasteiger partial charge in [-0.3, -0.25) is 9.36 Å². The first-order valence-electron chi connectivity index (χ1n) is 8.64. The molecule has 1 aliphatic heterocycles. The van der Waals surface area contributed by atoms with Gasteiger partial charge in [-0.05, 0) is 61.8 Å². The maximum atomic E-state index is 12.7. The first kappa shape index (κ1) is 17.4. The van der Waals surface area contributed by atoms with Gasteiger partial charge in [-0.15, -0.1) is 0 Å². The minimum absolute atomic E-state index is 0.0277. The zero-order valence-corrected chi connectivity index (χ0v) is 15.9. The van der Waals surface area contributed by atoms with Gasteiger partial charge in [0.05, 0.1) is 10.2 Å². The van der Waals surface area contributed by atoms with Crippen LogP contribution in [0.5, 0.6) is 0 Å². The number of hydrogen-bond donors (Lipinski definition) is 1. The van der Waals surface area contributed by atoms with Crippen LogP contribution in [-0.2, 0) is 6.54 Å². The van der Waals surface area contributed by atoms with Gasteiger partial charge < -0.3 is 10.2 Å². The second kappa shape index (κ2) is 7.61. The van der Waals surface area contributed by atoms with Gasteiger partial charge in [-0.1, -0.05) is 6.42 Å². The lowest BCUT2D eigenvalue weighted by molar-refractivity contribution is 0.221. The van der Waals surface area contributed by atoms with Crippen molar-refractivity contribution < 1.29 is 0 Å². The van der Waals surface area contributed by atoms with Crippen LogP contribution in [0.15, 0.2) is 15.3 Å². The van der Waals surface area contributed by atoms with Gasteiger partial charge in [0.2, 0.25) is 5.95 Å². The molecule has 3 rings (SSSR count). The van der Waals surface area contributed by atoms with Crippen LogP contribution in [0.25, 0.3) is 11.0 Å². The van der Waals surface area contributed by atoms with Crippen LogP contribution in [0.4, 0.5) is 5.95 Å². The minimum Gasteiger partial charge on any atom is -0.354 e. The van der Waals surface area contributed by atoms with E-state index in [-0.39, 0.29) is 5.56 Å². The molecule has 0 bridgehead atoms. The molecule has 2 aromatic heterocycles. The number of anilines is 1. The second-order valence-electron chi connectivity index (χ2n) is 6.25. The van der Waals surface area contributed by atoms with Gasteiger partial charge in [0.15, 0.2) is 0 Å². The number of rotatable bonds is 5. The molecule has 0 atom stereocenters. The summed E-state index contributed by atoms with van der Waals surface area (Å²) in [5, 5.41) is 4.07. The Balaban J connectivity index is 1.99. The van der Waals surface area contributed by atoms with Crippen LogP contribution in [0, 0.1) is 6.92 Å². The van der Waals surface area contributed by atoms with E-state index in [1.54, 1.807) is 4.57 Å². The number of likely N-dealkylation sites (tertiary alicyclic amines) is 1. The van der Waals surface area contributed by atoms with Crippen molar-refractivity contribution >= 4 is 32.9 Å². The number of pyridine rings is 1. The Morgan fingerprint density at radius 1 is 1.21 bits per heavy atom. The molecule has 0 saturated carbocycles. The van der Waals surface area contributed by atoms with E-state index in [0.717, 1.165) is 37.3 Å². The normalized spacial score (nSPS) is 15.8. The van der Waals surface area contributed by atoms with E-state index in [1.807, 2.05) is 19.9 Å². The average molecular weight is 394 g/mol. The standard InChI is InChI=1S/C17H24BrN5O/c1-3-19-17-20-12(2)13-11-14(18)16(24)23(15(13)21-17)10-9-22-7-5-4-6-8-22/h11H,3-10H2,1-2H3,(H,19,20,21). The fraction of sp³-hybridized carbons (Fsp3) is 0.588. The number of fused-ring (bicyclic) bond motifs is 1. The number of piperidine rings is 1. The summed E-state index contributed by atoms with van der Waals surface area (Å²) in [6.07, 6.45) is 3.81. The van der Waals surface area contributed by atoms with E-state index >= 15 is 0 Å². The summed E-state index contributed by atoms with van der Waals surface area (Å²) in [7, 11) is 0. The molecule has 1 saturated heterocycles. The van der Waals surface area contributed by atoms with Crippen LogP contribution >= 0.6 is 15.9 Å². The smallest absolute Gasteiger partial charge is 0.266 e. The molecule has 0 amide bonds. The molecule has 6 nitrogen and oxygen atoms in total. The third-order valence-electron chi connectivity index (χ3n) is 4.52. The molecule has 0 aromatic carbocycles. The van der Waals surface area contributed by atoms with Gasteiger partial charge in [0.1, 0.15) is 5.65 Å². The van der Waals surface area contributed by atoms with E-state index in [0.29, 0.717) is 22.6 Å². The molecular formula is C17H24BrN5O. The summed E-state index contributed by atoms with van der Waals surface area (Å²) in [6, 6.07) is 1.83. The van der Waals surface area contributed by atoms with Crippen molar-refractivity contribution in [2.24, 2.45) is 0 Å². The van der Waals surface area contributed by atoms with E-state index in [1.165, 1.54) is 19.3 Å². The molecule has 1 fully saturated rings. The molecule has 0 radical (unpaired) electrons. The summed E-state index contributed by atoms with van der Waals surface area (Å²) in [4.78, 5) is 24.2. The molecule has 0 aliphatic carbocycles. The van der Waals surface area contributed by atoms with Crippen molar-refractivity contribution in [2.75, 3.05) is 31.5 Å². The summed E-state index contributed by atoms with van der Waals surface area (Å²) in [5.41, 5.74) is 1.56. The maximum Gasteiger partial charge on any atom is 0.266 e. The number of nitrogens with one attached hydrogen (secondary N) is 1. The van der Waals surface area contributed by atoms with Crippen molar-refractivity contribution in [3.8, 4) is 0 Å². The van der Waals surface area contributed by atoms with E-state index in [4.69, 9.17) is 0 Å². The number of hydrogen-bond acceptors (Lipinski definition) is 5. The van der Waals surface area contributed by atoms with E-state index in [9.17, 15) is 4.79 Å². The third-order valence-corrected chi connectivity index (χ3v) is 5.08. The number of halogens is 1. The molecule has 2 aromatic rings. The lowest BCUT2D eigenvalue weighted by Gasteiger charge is -2.26. The van der Waals surface area contributed by atoms with E-state index in [2.05, 4.69) is 36.1 Å². The topological polar surface area (TPSA) is 63.1 Å². The maximum absolute atomic E-state index is 12.7. The Labute approximate surface area is 150 Å². The average Bonchev–Trinajstić information content (AvgIpc) is 2.58. The first-order chi connectivity index (χ1) is 11.6. The summed E-state index contributed by atoms with van der Waals surface area (Å²) in [6.45, 7) is 8.49. The number of aromatic nitrogens is 3. The highest BCUT2D eigenvalue weighted by atomic mass is 79.9. The van der Waals surface area contributed by atoms with Crippen LogP contribution in [-0.4, -0.2) is 45.6 Å². The second-order valence-corrected chi connectivity index (χ2v) is 7.11. The molecule has 1 N–H and O–H groups in total. The Kier molecular flexibility index (Phi) is 5.50. The van der Waals surface area contributed by atoms with Crippen molar-refractivity contribution in [1.82, 2.24) is 19.4 Å². The predicted octanol–water partition coefficient (Wildman–Crippen LogP) is 2.78. The molecule has 24 heavy (non-hydrogen) atoms. The molecule has 130 valence electrons. The van der Waals surface area contributed by atoms with Crippen LogP contribution in [0.1, 0.15) is 31.9 Å². The molecule has 7 heteroatoms. The highest BCUT2D eigenvalue weighted by Crippen LogP contribution is 2.20. The van der Waals surface area contributed by atoms with Gasteiger partial charge in [0, 0.05) is 25.0 Å². The lowest BCUT2D eigenvalue weighted by atomic mass is 10.1. The lowest BCUT2D eigenvalue weighted by Crippen LogP contribution is -2.35. The van der Waals surface area contributed by atoms with Crippen molar-refractivity contribution in [3.05, 3.63) is 26.6 Å². The minimum atomic E-state index is -0.0277. The highest BCUT2D eigenvalue weighted by Gasteiger charge is 2.15. The Morgan fingerprint density at radius 3 is 2.67 bits per heavy atom. The van der Waals surface area contributed by atoms with Crippen LogP contribution in [0.3, 0.4) is 0 Å². The number of aryl methyl sites for hydroxylation is 1. The van der Waals surface area contributed by atoms with Gasteiger partial charge >= 0.3 is 0 Å². The zero-order valence-electron chi connectivity index (χ0n) is 14.3. The van der Waals surface area contributed by atoms with Gasteiger partial charge in [-0.2, -0.15) is 4.98 Å². The fourth-order valence-electron chi connectivity index (χ4n) is 3.22. The molecule has 1 aliphatic rings. The Morgan fingerprint density at radius 2 is 1.96 bits per heavy atom. The fourth-order valence-corrected chi connectivity index (χ4v) is 3.67. The Bertz CT molecular complexity index is 783.